The van der Waals surface area contributed by atoms with Crippen molar-refractivity contribution in [2.45, 2.75) is 32.2 Å². The van der Waals surface area contributed by atoms with Crippen LogP contribution in [0.1, 0.15) is 33.2 Å². The Bertz CT molecular complexity index is 738. The van der Waals surface area contributed by atoms with E-state index in [-0.39, 0.29) is 30.1 Å². The first-order chi connectivity index (χ1) is 11.0. The summed E-state index contributed by atoms with van der Waals surface area (Å²) in [5, 5.41) is 6.18. The molecule has 0 unspecified atom stereocenters. The number of hydrogen-bond acceptors (Lipinski definition) is 4. The van der Waals surface area contributed by atoms with Gasteiger partial charge in [-0.1, -0.05) is 0 Å². The average Bonchev–Trinajstić information content (AvgIpc) is 3.23. The number of aromatic nitrogens is 1. The third-order valence-electron chi connectivity index (χ3n) is 3.40. The predicted octanol–water partition coefficient (Wildman–Crippen LogP) is 2.66. The number of carbonyl (C=O) groups is 2. The normalized spacial score (nSPS) is 13.7. The standard InChI is InChI=1S/C16H16FN3O2S/c1-9-15(16(22)20-12-6-7-12)23-14(18-9)8-13(21)19-11-4-2-10(17)3-5-11/h2-5,12H,6-8H2,1H3,(H,19,21)(H,20,22). The molecular formula is C16H16FN3O2S. The second-order valence-electron chi connectivity index (χ2n) is 5.50. The number of carbonyl (C=O) groups excluding carboxylic acids is 2. The Morgan fingerprint density at radius 2 is 2.00 bits per heavy atom. The molecule has 0 aliphatic heterocycles. The maximum Gasteiger partial charge on any atom is 0.263 e. The molecular weight excluding hydrogens is 317 g/mol. The average molecular weight is 333 g/mol. The first kappa shape index (κ1) is 15.6. The van der Waals surface area contributed by atoms with Gasteiger partial charge in [0.2, 0.25) is 5.91 Å². The maximum absolute atomic E-state index is 12.8. The number of thiazole rings is 1. The van der Waals surface area contributed by atoms with Gasteiger partial charge in [-0.05, 0) is 44.0 Å². The molecule has 2 N–H and O–H groups in total. The quantitative estimate of drug-likeness (QED) is 0.884. The molecule has 1 saturated carbocycles. The molecule has 3 rings (SSSR count). The zero-order valence-corrected chi connectivity index (χ0v) is 13.4. The molecule has 0 radical (unpaired) electrons. The van der Waals surface area contributed by atoms with Crippen molar-refractivity contribution in [2.24, 2.45) is 0 Å². The molecule has 0 atom stereocenters. The van der Waals surface area contributed by atoms with Crippen molar-refractivity contribution in [3.8, 4) is 0 Å². The molecule has 0 bridgehead atoms. The summed E-state index contributed by atoms with van der Waals surface area (Å²) in [4.78, 5) is 28.9. The van der Waals surface area contributed by atoms with Gasteiger partial charge in [0, 0.05) is 11.7 Å². The number of benzene rings is 1. The van der Waals surface area contributed by atoms with E-state index in [0.29, 0.717) is 21.3 Å². The molecule has 2 aromatic rings. The van der Waals surface area contributed by atoms with Gasteiger partial charge in [0.05, 0.1) is 12.1 Å². The molecule has 120 valence electrons. The Hall–Kier alpha value is -2.28. The van der Waals surface area contributed by atoms with Gasteiger partial charge in [0.15, 0.2) is 0 Å². The molecule has 0 saturated heterocycles. The van der Waals surface area contributed by atoms with E-state index < -0.39 is 0 Å². The third-order valence-corrected chi connectivity index (χ3v) is 4.56. The van der Waals surface area contributed by atoms with Crippen LogP contribution in [-0.4, -0.2) is 22.8 Å². The monoisotopic (exact) mass is 333 g/mol. The number of anilines is 1. The topological polar surface area (TPSA) is 71.1 Å². The van der Waals surface area contributed by atoms with Crippen LogP contribution >= 0.6 is 11.3 Å². The zero-order chi connectivity index (χ0) is 16.4. The van der Waals surface area contributed by atoms with E-state index in [9.17, 15) is 14.0 Å². The molecule has 1 fully saturated rings. The largest absolute Gasteiger partial charge is 0.349 e. The van der Waals surface area contributed by atoms with Gasteiger partial charge in [-0.2, -0.15) is 0 Å². The fraction of sp³-hybridized carbons (Fsp3) is 0.312. The highest BCUT2D eigenvalue weighted by Gasteiger charge is 2.26. The number of nitrogens with zero attached hydrogens (tertiary/aromatic N) is 1. The van der Waals surface area contributed by atoms with Gasteiger partial charge >= 0.3 is 0 Å². The zero-order valence-electron chi connectivity index (χ0n) is 12.6. The minimum Gasteiger partial charge on any atom is -0.349 e. The lowest BCUT2D eigenvalue weighted by atomic mass is 10.3. The van der Waals surface area contributed by atoms with Crippen LogP contribution in [0.25, 0.3) is 0 Å². The number of nitrogens with one attached hydrogen (secondary N) is 2. The lowest BCUT2D eigenvalue weighted by Crippen LogP contribution is -2.25. The highest BCUT2D eigenvalue weighted by Crippen LogP contribution is 2.23. The van der Waals surface area contributed by atoms with Gasteiger partial charge < -0.3 is 10.6 Å². The van der Waals surface area contributed by atoms with E-state index in [1.54, 1.807) is 6.92 Å². The Kier molecular flexibility index (Phi) is 4.38. The van der Waals surface area contributed by atoms with Crippen LogP contribution in [0.2, 0.25) is 0 Å². The summed E-state index contributed by atoms with van der Waals surface area (Å²) in [5.74, 6) is -0.725. The van der Waals surface area contributed by atoms with Crippen LogP contribution in [-0.2, 0) is 11.2 Å². The van der Waals surface area contributed by atoms with Crippen LogP contribution in [0, 0.1) is 12.7 Å². The summed E-state index contributed by atoms with van der Waals surface area (Å²) in [5.41, 5.74) is 1.16. The van der Waals surface area contributed by atoms with Gasteiger partial charge in [0.1, 0.15) is 15.7 Å². The summed E-state index contributed by atoms with van der Waals surface area (Å²) in [6, 6.07) is 5.84. The Morgan fingerprint density at radius 1 is 1.30 bits per heavy atom. The van der Waals surface area contributed by atoms with E-state index in [1.807, 2.05) is 0 Å². The number of aryl methyl sites for hydroxylation is 1. The van der Waals surface area contributed by atoms with Gasteiger partial charge in [-0.25, -0.2) is 9.37 Å². The highest BCUT2D eigenvalue weighted by atomic mass is 32.1. The first-order valence-electron chi connectivity index (χ1n) is 7.34. The molecule has 1 aromatic heterocycles. The Labute approximate surface area is 136 Å². The minimum absolute atomic E-state index is 0.0829. The summed E-state index contributed by atoms with van der Waals surface area (Å²) in [7, 11) is 0. The lowest BCUT2D eigenvalue weighted by Gasteiger charge is -2.03. The number of halogens is 1. The molecule has 1 heterocycles. The van der Waals surface area contributed by atoms with Gasteiger partial charge in [-0.15, -0.1) is 11.3 Å². The SMILES string of the molecule is Cc1nc(CC(=O)Nc2ccc(F)cc2)sc1C(=O)NC1CC1. The van der Waals surface area contributed by atoms with E-state index in [2.05, 4.69) is 15.6 Å². The third kappa shape index (κ3) is 4.13. The van der Waals surface area contributed by atoms with Crippen molar-refractivity contribution in [3.63, 3.8) is 0 Å². The number of hydrogen-bond donors (Lipinski definition) is 2. The molecule has 5 nitrogen and oxygen atoms in total. The van der Waals surface area contributed by atoms with Crippen LogP contribution in [0.5, 0.6) is 0 Å². The van der Waals surface area contributed by atoms with E-state index >= 15 is 0 Å². The van der Waals surface area contributed by atoms with Crippen molar-refractivity contribution in [1.29, 1.82) is 0 Å². The van der Waals surface area contributed by atoms with Crippen molar-refractivity contribution < 1.29 is 14.0 Å². The molecule has 2 amide bonds. The van der Waals surface area contributed by atoms with Gasteiger partial charge in [-0.3, -0.25) is 9.59 Å². The molecule has 7 heteroatoms. The van der Waals surface area contributed by atoms with Crippen LogP contribution in [0.3, 0.4) is 0 Å². The van der Waals surface area contributed by atoms with Gasteiger partial charge in [0.25, 0.3) is 5.91 Å². The highest BCUT2D eigenvalue weighted by molar-refractivity contribution is 7.13. The molecule has 23 heavy (non-hydrogen) atoms. The van der Waals surface area contributed by atoms with Crippen molar-refractivity contribution in [2.75, 3.05) is 5.32 Å². The molecule has 1 aliphatic rings. The Morgan fingerprint density at radius 3 is 2.65 bits per heavy atom. The predicted molar refractivity (Wildman–Crippen MR) is 86.1 cm³/mol. The van der Waals surface area contributed by atoms with E-state index in [0.717, 1.165) is 12.8 Å². The van der Waals surface area contributed by atoms with Crippen molar-refractivity contribution in [3.05, 3.63) is 45.7 Å². The summed E-state index contributed by atoms with van der Waals surface area (Å²) in [6.45, 7) is 1.76. The fourth-order valence-electron chi connectivity index (χ4n) is 2.09. The fourth-order valence-corrected chi connectivity index (χ4v) is 3.06. The lowest BCUT2D eigenvalue weighted by molar-refractivity contribution is -0.115. The molecule has 1 aliphatic carbocycles. The minimum atomic E-state index is -0.357. The van der Waals surface area contributed by atoms with E-state index in [1.165, 1.54) is 35.6 Å². The summed E-state index contributed by atoms with van der Waals surface area (Å²) < 4.78 is 12.8. The maximum atomic E-state index is 12.8. The van der Waals surface area contributed by atoms with E-state index in [4.69, 9.17) is 0 Å². The second kappa shape index (κ2) is 6.45. The molecule has 0 spiro atoms. The number of amides is 2. The first-order valence-corrected chi connectivity index (χ1v) is 8.15. The van der Waals surface area contributed by atoms with Crippen LogP contribution in [0.4, 0.5) is 10.1 Å². The smallest absolute Gasteiger partial charge is 0.263 e. The van der Waals surface area contributed by atoms with Crippen molar-refractivity contribution >= 4 is 28.8 Å². The second-order valence-corrected chi connectivity index (χ2v) is 6.59. The summed E-state index contributed by atoms with van der Waals surface area (Å²) in [6.07, 6.45) is 2.13. The molecule has 1 aromatic carbocycles. The van der Waals surface area contributed by atoms with Crippen LogP contribution < -0.4 is 10.6 Å². The summed E-state index contributed by atoms with van der Waals surface area (Å²) >= 11 is 1.23. The number of rotatable bonds is 5. The van der Waals surface area contributed by atoms with Crippen molar-refractivity contribution in [1.82, 2.24) is 10.3 Å². The Balaban J connectivity index is 1.61. The van der Waals surface area contributed by atoms with Crippen LogP contribution in [0.15, 0.2) is 24.3 Å².